The van der Waals surface area contributed by atoms with Crippen LogP contribution < -0.4 is 0 Å². The number of ketones is 1. The number of piperidine rings is 1. The molecule has 1 aliphatic carbocycles. The van der Waals surface area contributed by atoms with Crippen LogP contribution in [0.25, 0.3) is 0 Å². The lowest BCUT2D eigenvalue weighted by Gasteiger charge is -2.41. The molecular weight excluding hydrogens is 306 g/mol. The van der Waals surface area contributed by atoms with Crippen LogP contribution in [0, 0.1) is 5.92 Å². The van der Waals surface area contributed by atoms with Crippen molar-refractivity contribution in [2.24, 2.45) is 5.92 Å². The molecule has 1 aromatic rings. The van der Waals surface area contributed by atoms with E-state index in [9.17, 15) is 9.90 Å². The summed E-state index contributed by atoms with van der Waals surface area (Å²) in [6.45, 7) is 1.92. The molecule has 0 amide bonds. The molecule has 2 heterocycles. The van der Waals surface area contributed by atoms with Crippen LogP contribution >= 0.6 is 23.7 Å². The lowest BCUT2D eigenvalue weighted by molar-refractivity contribution is 0.00503. The molecule has 2 fully saturated rings. The van der Waals surface area contributed by atoms with E-state index in [4.69, 9.17) is 0 Å². The fraction of sp³-hybridized carbons (Fsp3) is 0.688. The SMILES string of the molecule is Cl.O=C(c1cccs1)C1CCN([C@@H]2CCCC[C@H]2O)CC1. The van der Waals surface area contributed by atoms with Gasteiger partial charge in [-0.15, -0.1) is 23.7 Å². The number of Topliss-reactive ketones (excluding diaryl/α,β-unsaturated/α-hetero) is 1. The van der Waals surface area contributed by atoms with Crippen LogP contribution in [-0.2, 0) is 0 Å². The Labute approximate surface area is 136 Å². The average Bonchev–Trinajstić information content (AvgIpc) is 3.01. The van der Waals surface area contributed by atoms with Gasteiger partial charge in [0.25, 0.3) is 0 Å². The second-order valence-corrected chi connectivity index (χ2v) is 7.02. The average molecular weight is 330 g/mol. The van der Waals surface area contributed by atoms with E-state index in [1.54, 1.807) is 11.3 Å². The molecule has 2 atom stereocenters. The molecule has 0 unspecified atom stereocenters. The summed E-state index contributed by atoms with van der Waals surface area (Å²) in [6.07, 6.45) is 6.18. The largest absolute Gasteiger partial charge is 0.391 e. The van der Waals surface area contributed by atoms with Gasteiger partial charge in [0.2, 0.25) is 0 Å². The summed E-state index contributed by atoms with van der Waals surface area (Å²) in [6, 6.07) is 4.22. The standard InChI is InChI=1S/C16H23NO2S.ClH/c18-14-5-2-1-4-13(14)17-9-7-12(8-10-17)16(19)15-6-3-11-20-15;/h3,6,11-14,18H,1-2,4-5,7-10H2;1H/t13-,14-;/m1./s1. The first-order chi connectivity index (χ1) is 9.75. The summed E-state index contributed by atoms with van der Waals surface area (Å²) in [5, 5.41) is 12.1. The summed E-state index contributed by atoms with van der Waals surface area (Å²) >= 11 is 1.55. The van der Waals surface area contributed by atoms with Gasteiger partial charge in [-0.3, -0.25) is 9.69 Å². The number of thiophene rings is 1. The molecule has 3 nitrogen and oxygen atoms in total. The number of aliphatic hydroxyl groups excluding tert-OH is 1. The van der Waals surface area contributed by atoms with Crippen molar-refractivity contribution in [1.29, 1.82) is 0 Å². The summed E-state index contributed by atoms with van der Waals surface area (Å²) in [4.78, 5) is 15.7. The predicted molar refractivity (Wildman–Crippen MR) is 88.5 cm³/mol. The monoisotopic (exact) mass is 329 g/mol. The Morgan fingerprint density at radius 3 is 2.52 bits per heavy atom. The highest BCUT2D eigenvalue weighted by molar-refractivity contribution is 7.12. The van der Waals surface area contributed by atoms with Crippen molar-refractivity contribution >= 4 is 29.5 Å². The van der Waals surface area contributed by atoms with Crippen molar-refractivity contribution < 1.29 is 9.90 Å². The molecule has 1 saturated heterocycles. The van der Waals surface area contributed by atoms with E-state index in [2.05, 4.69) is 4.90 Å². The molecule has 21 heavy (non-hydrogen) atoms. The van der Waals surface area contributed by atoms with Crippen LogP contribution in [0.2, 0.25) is 0 Å². The molecular formula is C16H24ClNO2S. The smallest absolute Gasteiger partial charge is 0.175 e. The summed E-state index contributed by atoms with van der Waals surface area (Å²) < 4.78 is 0. The Bertz CT molecular complexity index is 443. The maximum absolute atomic E-state index is 12.4. The van der Waals surface area contributed by atoms with Crippen LogP contribution in [0.1, 0.15) is 48.2 Å². The molecule has 5 heteroatoms. The first-order valence-corrected chi connectivity index (χ1v) is 8.63. The zero-order chi connectivity index (χ0) is 13.9. The molecule has 1 saturated carbocycles. The van der Waals surface area contributed by atoms with Gasteiger partial charge in [-0.05, 0) is 50.2 Å². The molecule has 0 bridgehead atoms. The van der Waals surface area contributed by atoms with E-state index >= 15 is 0 Å². The van der Waals surface area contributed by atoms with Crippen molar-refractivity contribution in [3.63, 3.8) is 0 Å². The molecule has 1 aliphatic heterocycles. The van der Waals surface area contributed by atoms with Gasteiger partial charge in [-0.1, -0.05) is 18.9 Å². The topological polar surface area (TPSA) is 40.5 Å². The normalized spacial score (nSPS) is 28.0. The number of likely N-dealkylation sites (tertiary alicyclic amines) is 1. The summed E-state index contributed by atoms with van der Waals surface area (Å²) in [7, 11) is 0. The Kier molecular flexibility index (Phi) is 6.23. The van der Waals surface area contributed by atoms with Gasteiger partial charge in [-0.2, -0.15) is 0 Å². The van der Waals surface area contributed by atoms with E-state index in [1.807, 2.05) is 17.5 Å². The number of aliphatic hydroxyl groups is 1. The lowest BCUT2D eigenvalue weighted by Crippen LogP contribution is -2.49. The van der Waals surface area contributed by atoms with Crippen molar-refractivity contribution in [2.75, 3.05) is 13.1 Å². The molecule has 2 aliphatic rings. The van der Waals surface area contributed by atoms with Gasteiger partial charge >= 0.3 is 0 Å². The molecule has 0 aromatic carbocycles. The Hall–Kier alpha value is -0.420. The third-order valence-electron chi connectivity index (χ3n) is 4.83. The predicted octanol–water partition coefficient (Wildman–Crippen LogP) is 3.37. The van der Waals surface area contributed by atoms with Gasteiger partial charge < -0.3 is 5.11 Å². The highest BCUT2D eigenvalue weighted by Crippen LogP contribution is 2.29. The van der Waals surface area contributed by atoms with Crippen molar-refractivity contribution in [3.05, 3.63) is 22.4 Å². The number of hydrogen-bond acceptors (Lipinski definition) is 4. The zero-order valence-electron chi connectivity index (χ0n) is 12.2. The number of hydrogen-bond donors (Lipinski definition) is 1. The van der Waals surface area contributed by atoms with Gasteiger partial charge in [0.15, 0.2) is 5.78 Å². The maximum Gasteiger partial charge on any atom is 0.175 e. The molecule has 1 aromatic heterocycles. The number of halogens is 1. The Morgan fingerprint density at radius 1 is 1.19 bits per heavy atom. The summed E-state index contributed by atoms with van der Waals surface area (Å²) in [5.41, 5.74) is 0. The van der Waals surface area contributed by atoms with Gasteiger partial charge in [0.05, 0.1) is 11.0 Å². The summed E-state index contributed by atoms with van der Waals surface area (Å²) in [5.74, 6) is 0.509. The second kappa shape index (κ2) is 7.73. The van der Waals surface area contributed by atoms with Crippen LogP contribution in [0.3, 0.4) is 0 Å². The van der Waals surface area contributed by atoms with Gasteiger partial charge in [0.1, 0.15) is 0 Å². The molecule has 0 radical (unpaired) electrons. The van der Waals surface area contributed by atoms with Crippen LogP contribution in [0.15, 0.2) is 17.5 Å². The highest BCUT2D eigenvalue weighted by atomic mass is 35.5. The molecule has 3 rings (SSSR count). The van der Waals surface area contributed by atoms with Crippen molar-refractivity contribution in [1.82, 2.24) is 4.90 Å². The number of rotatable bonds is 3. The quantitative estimate of drug-likeness (QED) is 0.864. The van der Waals surface area contributed by atoms with E-state index < -0.39 is 0 Å². The fourth-order valence-corrected chi connectivity index (χ4v) is 4.37. The van der Waals surface area contributed by atoms with Gasteiger partial charge in [-0.25, -0.2) is 0 Å². The highest BCUT2D eigenvalue weighted by Gasteiger charge is 2.33. The maximum atomic E-state index is 12.4. The minimum Gasteiger partial charge on any atom is -0.391 e. The number of nitrogens with zero attached hydrogens (tertiary/aromatic N) is 1. The molecule has 1 N–H and O–H groups in total. The second-order valence-electron chi connectivity index (χ2n) is 6.07. The minimum absolute atomic E-state index is 0. The van der Waals surface area contributed by atoms with Crippen LogP contribution in [-0.4, -0.2) is 41.0 Å². The third-order valence-corrected chi connectivity index (χ3v) is 5.71. The Balaban J connectivity index is 0.00000161. The third kappa shape index (κ3) is 3.86. The van der Waals surface area contributed by atoms with Crippen molar-refractivity contribution in [3.8, 4) is 0 Å². The van der Waals surface area contributed by atoms with Gasteiger partial charge in [0, 0.05) is 12.0 Å². The molecule has 118 valence electrons. The lowest BCUT2D eigenvalue weighted by atomic mass is 9.87. The first kappa shape index (κ1) is 16.9. The van der Waals surface area contributed by atoms with E-state index in [1.165, 1.54) is 6.42 Å². The van der Waals surface area contributed by atoms with E-state index in [0.717, 1.165) is 50.1 Å². The van der Waals surface area contributed by atoms with Crippen molar-refractivity contribution in [2.45, 2.75) is 50.7 Å². The van der Waals surface area contributed by atoms with Crippen LogP contribution in [0.5, 0.6) is 0 Å². The number of carbonyl (C=O) groups is 1. The minimum atomic E-state index is -0.159. The Morgan fingerprint density at radius 2 is 1.90 bits per heavy atom. The number of carbonyl (C=O) groups excluding carboxylic acids is 1. The first-order valence-electron chi connectivity index (χ1n) is 7.75. The van der Waals surface area contributed by atoms with Crippen LogP contribution in [0.4, 0.5) is 0 Å². The van der Waals surface area contributed by atoms with E-state index in [0.29, 0.717) is 11.8 Å². The zero-order valence-corrected chi connectivity index (χ0v) is 13.9. The molecule has 0 spiro atoms. The fourth-order valence-electron chi connectivity index (χ4n) is 3.63. The van der Waals surface area contributed by atoms with E-state index in [-0.39, 0.29) is 24.4 Å².